The van der Waals surface area contributed by atoms with E-state index in [0.29, 0.717) is 6.42 Å². The number of ether oxygens (including phenoxy) is 2. The van der Waals surface area contributed by atoms with E-state index in [4.69, 9.17) is 10.5 Å². The molecule has 22 heavy (non-hydrogen) atoms. The first-order chi connectivity index (χ1) is 10.6. The molecule has 0 aliphatic carbocycles. The fourth-order valence-corrected chi connectivity index (χ4v) is 1.93. The van der Waals surface area contributed by atoms with Crippen LogP contribution in [-0.4, -0.2) is 31.4 Å². The van der Waals surface area contributed by atoms with Crippen LogP contribution < -0.4 is 5.73 Å². The van der Waals surface area contributed by atoms with Crippen molar-refractivity contribution in [2.75, 3.05) is 13.7 Å². The molecule has 0 radical (unpaired) electrons. The zero-order chi connectivity index (χ0) is 16.4. The fourth-order valence-electron chi connectivity index (χ4n) is 1.93. The van der Waals surface area contributed by atoms with Gasteiger partial charge in [0.2, 0.25) is 0 Å². The van der Waals surface area contributed by atoms with Crippen LogP contribution in [0.1, 0.15) is 24.8 Å². The number of esters is 2. The molecule has 0 saturated carbocycles. The Morgan fingerprint density at radius 1 is 1.18 bits per heavy atom. The molecule has 120 valence electrons. The molecule has 6 nitrogen and oxygen atoms in total. The maximum absolute atomic E-state index is 12.0. The van der Waals surface area contributed by atoms with E-state index in [1.54, 1.807) is 0 Å². The average molecular weight is 307 g/mol. The quantitative estimate of drug-likeness (QED) is 0.544. The molecule has 1 aromatic carbocycles. The molecule has 1 rings (SSSR count). The normalized spacial score (nSPS) is 11.5. The van der Waals surface area contributed by atoms with Crippen molar-refractivity contribution in [2.45, 2.75) is 25.9 Å². The van der Waals surface area contributed by atoms with E-state index in [1.165, 1.54) is 7.11 Å². The van der Waals surface area contributed by atoms with E-state index in [9.17, 15) is 14.4 Å². The lowest BCUT2D eigenvalue weighted by molar-refractivity contribution is -0.153. The number of carbonyl (C=O) groups excluding carboxylic acids is 3. The van der Waals surface area contributed by atoms with Gasteiger partial charge >= 0.3 is 11.9 Å². The van der Waals surface area contributed by atoms with Crippen LogP contribution in [0.4, 0.5) is 0 Å². The van der Waals surface area contributed by atoms with Crippen LogP contribution in [0.25, 0.3) is 0 Å². The molecule has 0 aliphatic rings. The number of benzene rings is 1. The van der Waals surface area contributed by atoms with Crippen molar-refractivity contribution < 1.29 is 23.9 Å². The molecule has 1 atom stereocenters. The Morgan fingerprint density at radius 2 is 1.86 bits per heavy atom. The van der Waals surface area contributed by atoms with E-state index in [1.807, 2.05) is 30.3 Å². The van der Waals surface area contributed by atoms with Gasteiger partial charge in [-0.05, 0) is 18.4 Å². The van der Waals surface area contributed by atoms with Crippen LogP contribution in [-0.2, 0) is 30.5 Å². The summed E-state index contributed by atoms with van der Waals surface area (Å²) in [5, 5.41) is 0. The molecule has 0 saturated heterocycles. The summed E-state index contributed by atoms with van der Waals surface area (Å²) in [7, 11) is 1.29. The molecule has 0 aliphatic heterocycles. The minimum Gasteiger partial charge on any atom is -0.469 e. The van der Waals surface area contributed by atoms with E-state index in [-0.39, 0.29) is 37.7 Å². The Balaban J connectivity index is 2.53. The van der Waals surface area contributed by atoms with E-state index in [0.717, 1.165) is 5.56 Å². The third-order valence-electron chi connectivity index (χ3n) is 3.20. The summed E-state index contributed by atoms with van der Waals surface area (Å²) in [5.41, 5.74) is 6.16. The Bertz CT molecular complexity index is 501. The molecule has 0 bridgehead atoms. The van der Waals surface area contributed by atoms with Crippen LogP contribution in [0.5, 0.6) is 0 Å². The largest absolute Gasteiger partial charge is 0.469 e. The maximum Gasteiger partial charge on any atom is 0.316 e. The Morgan fingerprint density at radius 3 is 2.45 bits per heavy atom. The van der Waals surface area contributed by atoms with Crippen LogP contribution in [0.3, 0.4) is 0 Å². The van der Waals surface area contributed by atoms with Gasteiger partial charge < -0.3 is 15.2 Å². The van der Waals surface area contributed by atoms with E-state index >= 15 is 0 Å². The Labute approximate surface area is 129 Å². The van der Waals surface area contributed by atoms with Gasteiger partial charge in [-0.1, -0.05) is 30.3 Å². The summed E-state index contributed by atoms with van der Waals surface area (Å²) in [6, 6.07) is 9.18. The molecule has 2 N–H and O–H groups in total. The number of hydrogen-bond acceptors (Lipinski definition) is 6. The van der Waals surface area contributed by atoms with E-state index < -0.39 is 11.9 Å². The highest BCUT2D eigenvalue weighted by molar-refractivity contribution is 5.99. The average Bonchev–Trinajstić information content (AvgIpc) is 2.56. The first kappa shape index (κ1) is 17.8. The van der Waals surface area contributed by atoms with Crippen molar-refractivity contribution in [3.63, 3.8) is 0 Å². The third-order valence-corrected chi connectivity index (χ3v) is 3.20. The number of hydrogen-bond donors (Lipinski definition) is 1. The highest BCUT2D eigenvalue weighted by Gasteiger charge is 2.26. The van der Waals surface area contributed by atoms with Crippen molar-refractivity contribution in [3.8, 4) is 0 Å². The second kappa shape index (κ2) is 9.68. The molecule has 0 spiro atoms. The first-order valence-corrected chi connectivity index (χ1v) is 7.08. The summed E-state index contributed by atoms with van der Waals surface area (Å²) in [4.78, 5) is 34.9. The van der Waals surface area contributed by atoms with Crippen LogP contribution in [0, 0.1) is 5.92 Å². The standard InChI is InChI=1S/C16H21NO5/c1-21-15(19)9-5-8-13(14(18)10-17)16(20)22-11-12-6-3-2-4-7-12/h2-4,6-7,13H,5,8-11,17H2,1H3. The number of carbonyl (C=O) groups is 3. The van der Waals surface area contributed by atoms with E-state index in [2.05, 4.69) is 4.74 Å². The number of ketones is 1. The lowest BCUT2D eigenvalue weighted by atomic mass is 9.97. The summed E-state index contributed by atoms with van der Waals surface area (Å²) in [5.74, 6) is -2.30. The maximum atomic E-state index is 12.0. The van der Waals surface area contributed by atoms with Crippen molar-refractivity contribution in [1.29, 1.82) is 0 Å². The fraction of sp³-hybridized carbons (Fsp3) is 0.438. The molecule has 1 unspecified atom stereocenters. The minimum absolute atomic E-state index is 0.102. The summed E-state index contributed by atoms with van der Waals surface area (Å²) in [6.07, 6.45) is 0.735. The van der Waals surface area contributed by atoms with Gasteiger partial charge in [0.25, 0.3) is 0 Å². The van der Waals surface area contributed by atoms with Gasteiger partial charge in [-0.3, -0.25) is 14.4 Å². The monoisotopic (exact) mass is 307 g/mol. The van der Waals surface area contributed by atoms with Gasteiger partial charge in [0.15, 0.2) is 5.78 Å². The highest BCUT2D eigenvalue weighted by atomic mass is 16.5. The predicted molar refractivity (Wildman–Crippen MR) is 79.7 cm³/mol. The van der Waals surface area contributed by atoms with Crippen molar-refractivity contribution in [1.82, 2.24) is 0 Å². The minimum atomic E-state index is -0.932. The molecule has 0 heterocycles. The number of nitrogens with two attached hydrogens (primary N) is 1. The first-order valence-electron chi connectivity index (χ1n) is 7.08. The molecule has 0 aromatic heterocycles. The van der Waals surface area contributed by atoms with Crippen LogP contribution >= 0.6 is 0 Å². The van der Waals surface area contributed by atoms with Gasteiger partial charge in [-0.15, -0.1) is 0 Å². The van der Waals surface area contributed by atoms with Crippen LogP contribution in [0.2, 0.25) is 0 Å². The molecule has 6 heteroatoms. The Hall–Kier alpha value is -2.21. The topological polar surface area (TPSA) is 95.7 Å². The van der Waals surface area contributed by atoms with Gasteiger partial charge in [0.1, 0.15) is 12.5 Å². The summed E-state index contributed by atoms with van der Waals surface area (Å²) < 4.78 is 9.69. The highest BCUT2D eigenvalue weighted by Crippen LogP contribution is 2.14. The molecule has 0 amide bonds. The number of rotatable bonds is 9. The lowest BCUT2D eigenvalue weighted by Gasteiger charge is -2.14. The van der Waals surface area contributed by atoms with Gasteiger partial charge in [-0.2, -0.15) is 0 Å². The van der Waals surface area contributed by atoms with Crippen molar-refractivity contribution in [3.05, 3.63) is 35.9 Å². The van der Waals surface area contributed by atoms with Gasteiger partial charge in [-0.25, -0.2) is 0 Å². The van der Waals surface area contributed by atoms with Gasteiger partial charge in [0.05, 0.1) is 13.7 Å². The zero-order valence-corrected chi connectivity index (χ0v) is 12.6. The van der Waals surface area contributed by atoms with Crippen LogP contribution in [0.15, 0.2) is 30.3 Å². The smallest absolute Gasteiger partial charge is 0.316 e. The molecule has 1 aromatic rings. The predicted octanol–water partition coefficient (Wildman–Crippen LogP) is 1.22. The second-order valence-corrected chi connectivity index (χ2v) is 4.78. The lowest BCUT2D eigenvalue weighted by Crippen LogP contribution is -2.31. The number of Topliss-reactive ketones (excluding diaryl/α,β-unsaturated/α-hetero) is 1. The Kier molecular flexibility index (Phi) is 7.85. The molecule has 0 fully saturated rings. The zero-order valence-electron chi connectivity index (χ0n) is 12.6. The molecular formula is C16H21NO5. The number of methoxy groups -OCH3 is 1. The van der Waals surface area contributed by atoms with Gasteiger partial charge in [0, 0.05) is 6.42 Å². The van der Waals surface area contributed by atoms with Crippen molar-refractivity contribution >= 4 is 17.7 Å². The second-order valence-electron chi connectivity index (χ2n) is 4.78. The SMILES string of the molecule is COC(=O)CCCC(C(=O)CN)C(=O)OCc1ccccc1. The summed E-state index contributed by atoms with van der Waals surface area (Å²) in [6.45, 7) is -0.131. The summed E-state index contributed by atoms with van der Waals surface area (Å²) >= 11 is 0. The molecular weight excluding hydrogens is 286 g/mol. The van der Waals surface area contributed by atoms with Crippen molar-refractivity contribution in [2.24, 2.45) is 11.7 Å². The third kappa shape index (κ3) is 6.05.